The molecular weight excluding hydrogens is 248 g/mol. The van der Waals surface area contributed by atoms with Crippen LogP contribution in [-0.4, -0.2) is 34.6 Å². The molecule has 1 aromatic carbocycles. The molecular formula is C14H20O3S. The van der Waals surface area contributed by atoms with Gasteiger partial charge < -0.3 is 9.84 Å². The Morgan fingerprint density at radius 3 is 2.22 bits per heavy atom. The van der Waals surface area contributed by atoms with Crippen molar-refractivity contribution in [1.82, 2.24) is 0 Å². The molecule has 100 valence electrons. The van der Waals surface area contributed by atoms with Gasteiger partial charge in [-0.25, -0.2) is 0 Å². The van der Waals surface area contributed by atoms with Crippen LogP contribution in [0, 0.1) is 0 Å². The molecule has 1 aromatic rings. The van der Waals surface area contributed by atoms with Gasteiger partial charge in [-0.15, -0.1) is 11.8 Å². The molecule has 3 atom stereocenters. The maximum atomic E-state index is 12.2. The summed E-state index contributed by atoms with van der Waals surface area (Å²) in [5.41, 5.74) is 0.675. The van der Waals surface area contributed by atoms with Crippen LogP contribution in [0.3, 0.4) is 0 Å². The van der Waals surface area contributed by atoms with E-state index < -0.39 is 6.10 Å². The van der Waals surface area contributed by atoms with Gasteiger partial charge in [-0.3, -0.25) is 4.79 Å². The number of carbonyl (C=O) groups is 1. The molecule has 0 amide bonds. The highest BCUT2D eigenvalue weighted by atomic mass is 32.2. The Labute approximate surface area is 113 Å². The summed E-state index contributed by atoms with van der Waals surface area (Å²) in [7, 11) is 1.60. The fourth-order valence-electron chi connectivity index (χ4n) is 1.49. The number of aliphatic hydroxyl groups is 1. The highest BCUT2D eigenvalue weighted by molar-refractivity contribution is 8.01. The fraction of sp³-hybridized carbons (Fsp3) is 0.500. The second-order valence-electron chi connectivity index (χ2n) is 4.32. The third-order valence-corrected chi connectivity index (χ3v) is 4.29. The van der Waals surface area contributed by atoms with E-state index in [1.54, 1.807) is 38.3 Å². The summed E-state index contributed by atoms with van der Waals surface area (Å²) in [6.45, 7) is 5.53. The van der Waals surface area contributed by atoms with E-state index in [2.05, 4.69) is 0 Å². The standard InChI is InChI=1S/C14H20O3S/c1-9(15)10(2)18-11(3)14(16)12-5-7-13(17-4)8-6-12/h5-11,15H,1-4H3. The molecule has 0 spiro atoms. The summed E-state index contributed by atoms with van der Waals surface area (Å²) >= 11 is 1.49. The van der Waals surface area contributed by atoms with Crippen molar-refractivity contribution in [2.24, 2.45) is 0 Å². The summed E-state index contributed by atoms with van der Waals surface area (Å²) < 4.78 is 5.06. The molecule has 0 aliphatic heterocycles. The quantitative estimate of drug-likeness (QED) is 0.806. The van der Waals surface area contributed by atoms with Gasteiger partial charge in [0.15, 0.2) is 5.78 Å². The second kappa shape index (κ2) is 6.81. The topological polar surface area (TPSA) is 46.5 Å². The van der Waals surface area contributed by atoms with Crippen LogP contribution in [0.5, 0.6) is 5.75 Å². The first-order valence-electron chi connectivity index (χ1n) is 5.97. The highest BCUT2D eigenvalue weighted by Crippen LogP contribution is 2.24. The Morgan fingerprint density at radius 1 is 1.22 bits per heavy atom. The van der Waals surface area contributed by atoms with Crippen molar-refractivity contribution in [2.45, 2.75) is 37.4 Å². The molecule has 0 radical (unpaired) electrons. The van der Waals surface area contributed by atoms with Crippen LogP contribution in [0.25, 0.3) is 0 Å². The number of aliphatic hydroxyl groups excluding tert-OH is 1. The van der Waals surface area contributed by atoms with Crippen molar-refractivity contribution in [3.63, 3.8) is 0 Å². The van der Waals surface area contributed by atoms with Crippen LogP contribution in [0.15, 0.2) is 24.3 Å². The maximum Gasteiger partial charge on any atom is 0.175 e. The van der Waals surface area contributed by atoms with Gasteiger partial charge in [0, 0.05) is 10.8 Å². The molecule has 0 aliphatic rings. The minimum Gasteiger partial charge on any atom is -0.497 e. The average molecular weight is 268 g/mol. The van der Waals surface area contributed by atoms with E-state index in [0.29, 0.717) is 5.56 Å². The second-order valence-corrected chi connectivity index (χ2v) is 6.04. The molecule has 0 bridgehead atoms. The van der Waals surface area contributed by atoms with Crippen molar-refractivity contribution < 1.29 is 14.6 Å². The Balaban J connectivity index is 2.67. The summed E-state index contributed by atoms with van der Waals surface area (Å²) in [5.74, 6) is 0.819. The van der Waals surface area contributed by atoms with Crippen LogP contribution in [0.4, 0.5) is 0 Å². The van der Waals surface area contributed by atoms with Gasteiger partial charge in [0.25, 0.3) is 0 Å². The van der Waals surface area contributed by atoms with Crippen LogP contribution >= 0.6 is 11.8 Å². The predicted molar refractivity (Wildman–Crippen MR) is 75.5 cm³/mol. The minimum absolute atomic E-state index is 0.0437. The molecule has 0 aromatic heterocycles. The van der Waals surface area contributed by atoms with E-state index in [1.807, 2.05) is 13.8 Å². The van der Waals surface area contributed by atoms with Gasteiger partial charge in [0.1, 0.15) is 5.75 Å². The van der Waals surface area contributed by atoms with E-state index in [9.17, 15) is 9.90 Å². The molecule has 0 heterocycles. The molecule has 3 nitrogen and oxygen atoms in total. The Kier molecular flexibility index (Phi) is 5.69. The number of benzene rings is 1. The van der Waals surface area contributed by atoms with Crippen LogP contribution in [0.2, 0.25) is 0 Å². The van der Waals surface area contributed by atoms with Crippen molar-refractivity contribution in [2.75, 3.05) is 7.11 Å². The lowest BCUT2D eigenvalue weighted by Crippen LogP contribution is -2.22. The van der Waals surface area contributed by atoms with Crippen LogP contribution < -0.4 is 4.74 Å². The smallest absolute Gasteiger partial charge is 0.175 e. The number of thioether (sulfide) groups is 1. The number of hydrogen-bond donors (Lipinski definition) is 1. The lowest BCUT2D eigenvalue weighted by Gasteiger charge is -2.18. The lowest BCUT2D eigenvalue weighted by molar-refractivity contribution is 0.0993. The first-order chi connectivity index (χ1) is 8.45. The molecule has 4 heteroatoms. The van der Waals surface area contributed by atoms with Crippen molar-refractivity contribution >= 4 is 17.5 Å². The molecule has 0 fully saturated rings. The third-order valence-electron chi connectivity index (χ3n) is 2.84. The van der Waals surface area contributed by atoms with E-state index >= 15 is 0 Å². The number of ether oxygens (including phenoxy) is 1. The van der Waals surface area contributed by atoms with E-state index in [1.165, 1.54) is 11.8 Å². The zero-order valence-corrected chi connectivity index (χ0v) is 12.0. The predicted octanol–water partition coefficient (Wildman–Crippen LogP) is 2.77. The largest absolute Gasteiger partial charge is 0.497 e. The van der Waals surface area contributed by atoms with Crippen LogP contribution in [-0.2, 0) is 0 Å². The van der Waals surface area contributed by atoms with Gasteiger partial charge in [0.2, 0.25) is 0 Å². The Morgan fingerprint density at radius 2 is 1.78 bits per heavy atom. The molecule has 0 saturated carbocycles. The Hall–Kier alpha value is -1.00. The van der Waals surface area contributed by atoms with Crippen LogP contribution in [0.1, 0.15) is 31.1 Å². The Bertz CT molecular complexity index is 387. The molecule has 3 unspecified atom stereocenters. The zero-order chi connectivity index (χ0) is 13.7. The number of rotatable bonds is 6. The fourth-order valence-corrected chi connectivity index (χ4v) is 2.62. The van der Waals surface area contributed by atoms with Gasteiger partial charge >= 0.3 is 0 Å². The van der Waals surface area contributed by atoms with E-state index in [4.69, 9.17) is 4.74 Å². The molecule has 0 saturated heterocycles. The molecule has 1 N–H and O–H groups in total. The number of methoxy groups -OCH3 is 1. The van der Waals surface area contributed by atoms with E-state index in [0.717, 1.165) is 5.75 Å². The monoisotopic (exact) mass is 268 g/mol. The first kappa shape index (κ1) is 15.1. The number of hydrogen-bond acceptors (Lipinski definition) is 4. The average Bonchev–Trinajstić information content (AvgIpc) is 2.37. The van der Waals surface area contributed by atoms with Crippen molar-refractivity contribution in [3.8, 4) is 5.75 Å². The summed E-state index contributed by atoms with van der Waals surface area (Å²) in [5, 5.41) is 9.32. The van der Waals surface area contributed by atoms with Gasteiger partial charge in [0.05, 0.1) is 18.5 Å². The first-order valence-corrected chi connectivity index (χ1v) is 6.91. The summed E-state index contributed by atoms with van der Waals surface area (Å²) in [6, 6.07) is 7.10. The summed E-state index contributed by atoms with van der Waals surface area (Å²) in [4.78, 5) is 12.2. The maximum absolute atomic E-state index is 12.2. The lowest BCUT2D eigenvalue weighted by atomic mass is 10.1. The summed E-state index contributed by atoms with van der Waals surface area (Å²) in [6.07, 6.45) is -0.416. The van der Waals surface area contributed by atoms with E-state index in [-0.39, 0.29) is 16.3 Å². The molecule has 0 aliphatic carbocycles. The molecule has 18 heavy (non-hydrogen) atoms. The van der Waals surface area contributed by atoms with Gasteiger partial charge in [-0.1, -0.05) is 6.92 Å². The number of Topliss-reactive ketones (excluding diaryl/α,β-unsaturated/α-hetero) is 1. The third kappa shape index (κ3) is 4.03. The van der Waals surface area contributed by atoms with Gasteiger partial charge in [-0.05, 0) is 38.1 Å². The minimum atomic E-state index is -0.416. The zero-order valence-electron chi connectivity index (χ0n) is 11.2. The van der Waals surface area contributed by atoms with Crippen molar-refractivity contribution in [3.05, 3.63) is 29.8 Å². The number of ketones is 1. The number of carbonyl (C=O) groups excluding carboxylic acids is 1. The molecule has 1 rings (SSSR count). The van der Waals surface area contributed by atoms with Gasteiger partial charge in [-0.2, -0.15) is 0 Å². The SMILES string of the molecule is COc1ccc(C(=O)C(C)SC(C)C(C)O)cc1. The normalized spacial score (nSPS) is 15.8. The highest BCUT2D eigenvalue weighted by Gasteiger charge is 2.20. The van der Waals surface area contributed by atoms with Crippen molar-refractivity contribution in [1.29, 1.82) is 0 Å².